The Kier molecular flexibility index (Phi) is 10.0. The highest BCUT2D eigenvalue weighted by Crippen LogP contribution is 2.41. The van der Waals surface area contributed by atoms with Gasteiger partial charge in [-0.15, -0.1) is 0 Å². The van der Waals surface area contributed by atoms with Crippen LogP contribution >= 0.6 is 0 Å². The van der Waals surface area contributed by atoms with Crippen LogP contribution in [-0.4, -0.2) is 29.0 Å². The molecule has 15 heteroatoms. The van der Waals surface area contributed by atoms with Crippen molar-refractivity contribution in [2.24, 2.45) is 0 Å². The van der Waals surface area contributed by atoms with Crippen molar-refractivity contribution in [2.45, 2.75) is 19.1 Å². The number of hydrogen-bond donors (Lipinski definition) is 0. The van der Waals surface area contributed by atoms with E-state index < -0.39 is 41.2 Å². The van der Waals surface area contributed by atoms with Crippen LogP contribution in [0.25, 0.3) is 0 Å². The van der Waals surface area contributed by atoms with Gasteiger partial charge in [-0.25, -0.2) is 0 Å². The lowest BCUT2D eigenvalue weighted by molar-refractivity contribution is -0.387. The highest BCUT2D eigenvalue weighted by Gasteiger charge is 2.39. The van der Waals surface area contributed by atoms with Crippen molar-refractivity contribution in [2.75, 3.05) is 0 Å². The van der Waals surface area contributed by atoms with Gasteiger partial charge in [0.15, 0.2) is 0 Å². The summed E-state index contributed by atoms with van der Waals surface area (Å²) in [5.41, 5.74) is -0.885. The second-order valence-electron chi connectivity index (χ2n) is 10.4. The average Bonchev–Trinajstić information content (AvgIpc) is 3.09. The molecule has 0 aromatic heterocycles. The number of nitro groups is 4. The predicted octanol–water partition coefficient (Wildman–Crippen LogP) is 6.94. The monoisotopic (exact) mass is 665 g/mol. The highest BCUT2D eigenvalue weighted by molar-refractivity contribution is 6.62. The van der Waals surface area contributed by atoms with E-state index in [-0.39, 0.29) is 45.0 Å². The van der Waals surface area contributed by atoms with E-state index in [1.807, 2.05) is 0 Å². The molecule has 0 aliphatic carbocycles. The summed E-state index contributed by atoms with van der Waals surface area (Å²) >= 11 is 0. The number of rotatable bonds is 13. The maximum atomic E-state index is 12.2. The maximum Gasteiger partial charge on any atom is 0.425 e. The minimum absolute atomic E-state index is 0.00980. The van der Waals surface area contributed by atoms with E-state index in [0.717, 1.165) is 0 Å². The first-order valence-electron chi connectivity index (χ1n) is 14.3. The SMILES string of the molecule is Cc1ccccc1[Si](OC(c1ccccc1[N+](=O)[O-])c1ccccc1[N+](=O)[O-])OC(c1ccccc1[N+](=O)[O-])c1ccccc1[N+](=O)[O-]. The standard InChI is InChI=1S/C33H25N4O10Si/c1-22-12-2-11-21-31(22)48(46-32(23-13-3-7-17-27(23)34(38)39)24-14-4-8-18-28(24)35(40)41)47-33(25-15-5-9-19-29(25)36(42)43)26-16-6-10-20-30(26)37(44)45/h2-21,32-33H,1H3. The molecular weight excluding hydrogens is 640 g/mol. The molecule has 0 aliphatic heterocycles. The van der Waals surface area contributed by atoms with E-state index in [0.29, 0.717) is 10.8 Å². The van der Waals surface area contributed by atoms with Crippen LogP contribution in [0.1, 0.15) is 40.0 Å². The van der Waals surface area contributed by atoms with Gasteiger partial charge in [0.05, 0.1) is 41.9 Å². The quantitative estimate of drug-likeness (QED) is 0.0723. The molecule has 0 amide bonds. The van der Waals surface area contributed by atoms with Gasteiger partial charge >= 0.3 is 9.28 Å². The lowest BCUT2D eigenvalue weighted by Crippen LogP contribution is -2.41. The molecule has 5 aromatic carbocycles. The van der Waals surface area contributed by atoms with Crippen LogP contribution < -0.4 is 5.19 Å². The Morgan fingerprint density at radius 3 is 1.02 bits per heavy atom. The third-order valence-corrected chi connectivity index (χ3v) is 9.38. The molecule has 0 unspecified atom stereocenters. The highest BCUT2D eigenvalue weighted by atomic mass is 28.3. The van der Waals surface area contributed by atoms with Gasteiger partial charge in [-0.05, 0) is 41.9 Å². The first-order chi connectivity index (χ1) is 23.1. The normalized spacial score (nSPS) is 11.2. The van der Waals surface area contributed by atoms with Gasteiger partial charge in [0.2, 0.25) is 0 Å². The second kappa shape index (κ2) is 14.5. The van der Waals surface area contributed by atoms with Crippen LogP contribution in [0.4, 0.5) is 22.7 Å². The molecule has 5 aromatic rings. The molecule has 0 saturated carbocycles. The summed E-state index contributed by atoms with van der Waals surface area (Å²) in [5, 5.41) is 49.3. The van der Waals surface area contributed by atoms with Crippen LogP contribution in [0.5, 0.6) is 0 Å². The van der Waals surface area contributed by atoms with Gasteiger partial charge in [0.25, 0.3) is 22.7 Å². The molecule has 0 N–H and O–H groups in total. The van der Waals surface area contributed by atoms with Crippen molar-refractivity contribution in [1.29, 1.82) is 0 Å². The fourth-order valence-electron chi connectivity index (χ4n) is 5.26. The number of hydrogen-bond acceptors (Lipinski definition) is 10. The molecule has 1 radical (unpaired) electrons. The number of benzene rings is 5. The zero-order valence-electron chi connectivity index (χ0n) is 25.1. The molecular formula is C33H25N4O10Si. The molecule has 0 saturated heterocycles. The zero-order valence-corrected chi connectivity index (χ0v) is 26.1. The third kappa shape index (κ3) is 6.97. The maximum absolute atomic E-state index is 12.2. The number of para-hydroxylation sites is 4. The Balaban J connectivity index is 1.77. The van der Waals surface area contributed by atoms with Crippen molar-refractivity contribution in [3.63, 3.8) is 0 Å². The van der Waals surface area contributed by atoms with Crippen LogP contribution in [0.3, 0.4) is 0 Å². The first kappa shape index (κ1) is 33.2. The number of nitrogens with zero attached hydrogens (tertiary/aromatic N) is 4. The summed E-state index contributed by atoms with van der Waals surface area (Å²) in [6.07, 6.45) is -2.89. The summed E-state index contributed by atoms with van der Waals surface area (Å²) in [7, 11) is -3.00. The van der Waals surface area contributed by atoms with Crippen molar-refractivity contribution in [3.8, 4) is 0 Å². The Morgan fingerprint density at radius 1 is 0.458 bits per heavy atom. The fourth-order valence-corrected chi connectivity index (χ4v) is 7.14. The molecule has 0 spiro atoms. The summed E-state index contributed by atoms with van der Waals surface area (Å²) in [6.45, 7) is 1.75. The van der Waals surface area contributed by atoms with Crippen molar-refractivity contribution < 1.29 is 28.5 Å². The molecule has 0 atom stereocenters. The minimum Gasteiger partial charge on any atom is -0.378 e. The largest absolute Gasteiger partial charge is 0.425 e. The minimum atomic E-state index is -3.00. The Hall–Kier alpha value is -6.16. The third-order valence-electron chi connectivity index (χ3n) is 7.48. The van der Waals surface area contributed by atoms with Gasteiger partial charge in [-0.3, -0.25) is 40.5 Å². The molecule has 48 heavy (non-hydrogen) atoms. The van der Waals surface area contributed by atoms with Crippen molar-refractivity contribution >= 4 is 37.2 Å². The lowest BCUT2D eigenvalue weighted by Gasteiger charge is -2.28. The topological polar surface area (TPSA) is 191 Å². The molecule has 5 rings (SSSR count). The Morgan fingerprint density at radius 2 is 0.729 bits per heavy atom. The fraction of sp³-hybridized carbons (Fsp3) is 0.0909. The molecule has 241 valence electrons. The molecule has 14 nitrogen and oxygen atoms in total. The molecule has 0 bridgehead atoms. The van der Waals surface area contributed by atoms with Crippen molar-refractivity contribution in [3.05, 3.63) is 190 Å². The summed E-state index contributed by atoms with van der Waals surface area (Å²) in [6, 6.07) is 29.4. The lowest BCUT2D eigenvalue weighted by atomic mass is 9.98. The Labute approximate surface area is 274 Å². The number of aryl methyl sites for hydroxylation is 1. The van der Waals surface area contributed by atoms with Gasteiger partial charge in [0, 0.05) is 24.3 Å². The van der Waals surface area contributed by atoms with Crippen LogP contribution in [0.2, 0.25) is 0 Å². The zero-order chi connectivity index (χ0) is 34.4. The second-order valence-corrected chi connectivity index (χ2v) is 11.9. The van der Waals surface area contributed by atoms with E-state index in [1.165, 1.54) is 97.1 Å². The average molecular weight is 666 g/mol. The first-order valence-corrected chi connectivity index (χ1v) is 15.6. The van der Waals surface area contributed by atoms with E-state index in [1.54, 1.807) is 31.2 Å². The van der Waals surface area contributed by atoms with E-state index in [2.05, 4.69) is 0 Å². The summed E-state index contributed by atoms with van der Waals surface area (Å²) in [5.74, 6) is 0. The van der Waals surface area contributed by atoms with Crippen molar-refractivity contribution in [1.82, 2.24) is 0 Å². The van der Waals surface area contributed by atoms with Gasteiger partial charge in [-0.2, -0.15) is 0 Å². The predicted molar refractivity (Wildman–Crippen MR) is 175 cm³/mol. The van der Waals surface area contributed by atoms with E-state index in [4.69, 9.17) is 8.85 Å². The van der Waals surface area contributed by atoms with Gasteiger partial charge in [-0.1, -0.05) is 72.8 Å². The van der Waals surface area contributed by atoms with E-state index >= 15 is 0 Å². The summed E-state index contributed by atoms with van der Waals surface area (Å²) in [4.78, 5) is 46.3. The molecule has 0 fully saturated rings. The number of nitro benzene ring substituents is 4. The Bertz CT molecular complexity index is 1790. The van der Waals surface area contributed by atoms with Crippen LogP contribution in [0, 0.1) is 47.4 Å². The van der Waals surface area contributed by atoms with Crippen LogP contribution in [-0.2, 0) is 8.85 Å². The summed E-state index contributed by atoms with van der Waals surface area (Å²) < 4.78 is 13.4. The molecule has 0 heterocycles. The van der Waals surface area contributed by atoms with Gasteiger partial charge < -0.3 is 8.85 Å². The van der Waals surface area contributed by atoms with Crippen LogP contribution in [0.15, 0.2) is 121 Å². The smallest absolute Gasteiger partial charge is 0.378 e. The van der Waals surface area contributed by atoms with Gasteiger partial charge in [0.1, 0.15) is 12.2 Å². The molecule has 0 aliphatic rings. The van der Waals surface area contributed by atoms with E-state index in [9.17, 15) is 40.5 Å².